The quantitative estimate of drug-likeness (QED) is 0.736. The Morgan fingerprint density at radius 2 is 2.00 bits per heavy atom. The van der Waals surface area contributed by atoms with E-state index in [1.807, 2.05) is 6.20 Å². The first-order valence-corrected chi connectivity index (χ1v) is 8.28. The van der Waals surface area contributed by atoms with E-state index in [1.54, 1.807) is 11.3 Å². The number of hydrogen-bond donors (Lipinski definition) is 1. The largest absolute Gasteiger partial charge is 0.368 e. The first kappa shape index (κ1) is 16.6. The molecule has 0 bridgehead atoms. The lowest BCUT2D eigenvalue weighted by atomic mass is 9.98. The Hall–Kier alpha value is -0.450. The molecule has 0 saturated heterocycles. The van der Waals surface area contributed by atoms with E-state index in [4.69, 9.17) is 4.74 Å². The van der Waals surface area contributed by atoms with Crippen LogP contribution < -0.4 is 5.32 Å². The Balaban J connectivity index is 2.86. The van der Waals surface area contributed by atoms with Crippen LogP contribution in [0.4, 0.5) is 0 Å². The lowest BCUT2D eigenvalue weighted by Crippen LogP contribution is -2.28. The average Bonchev–Trinajstić information content (AvgIpc) is 2.92. The third-order valence-corrected chi connectivity index (χ3v) is 4.97. The molecule has 0 fully saturated rings. The van der Waals surface area contributed by atoms with Gasteiger partial charge in [-0.25, -0.2) is 4.98 Å². The van der Waals surface area contributed by atoms with Gasteiger partial charge in [0.2, 0.25) is 0 Å². The molecule has 0 radical (unpaired) electrons. The van der Waals surface area contributed by atoms with Gasteiger partial charge in [0.1, 0.15) is 10.6 Å². The van der Waals surface area contributed by atoms with E-state index in [0.717, 1.165) is 37.4 Å². The fourth-order valence-electron chi connectivity index (χ4n) is 2.25. The van der Waals surface area contributed by atoms with Crippen LogP contribution in [0.15, 0.2) is 6.20 Å². The average molecular weight is 284 g/mol. The van der Waals surface area contributed by atoms with Gasteiger partial charge in [0.05, 0.1) is 0 Å². The second-order valence-corrected chi connectivity index (χ2v) is 5.94. The van der Waals surface area contributed by atoms with Gasteiger partial charge in [-0.2, -0.15) is 0 Å². The van der Waals surface area contributed by atoms with Crippen LogP contribution in [0.25, 0.3) is 0 Å². The van der Waals surface area contributed by atoms with Crippen LogP contribution in [0.3, 0.4) is 0 Å². The van der Waals surface area contributed by atoms with Crippen LogP contribution in [0, 0.1) is 0 Å². The van der Waals surface area contributed by atoms with Crippen molar-refractivity contribution in [2.75, 3.05) is 13.2 Å². The summed E-state index contributed by atoms with van der Waals surface area (Å²) >= 11 is 1.79. The van der Waals surface area contributed by atoms with E-state index < -0.39 is 0 Å². The van der Waals surface area contributed by atoms with Crippen molar-refractivity contribution >= 4 is 11.3 Å². The number of hydrogen-bond acceptors (Lipinski definition) is 4. The van der Waals surface area contributed by atoms with Crippen LogP contribution in [-0.2, 0) is 10.3 Å². The summed E-state index contributed by atoms with van der Waals surface area (Å²) in [6.45, 7) is 12.6. The molecule has 19 heavy (non-hydrogen) atoms. The Morgan fingerprint density at radius 3 is 2.53 bits per heavy atom. The van der Waals surface area contributed by atoms with Crippen molar-refractivity contribution in [2.45, 2.75) is 65.5 Å². The summed E-state index contributed by atoms with van der Waals surface area (Å²) in [5.74, 6) is 0. The van der Waals surface area contributed by atoms with Gasteiger partial charge in [0, 0.05) is 23.7 Å². The number of nitrogens with one attached hydrogen (secondary N) is 1. The summed E-state index contributed by atoms with van der Waals surface area (Å²) in [7, 11) is 0. The van der Waals surface area contributed by atoms with Gasteiger partial charge < -0.3 is 10.1 Å². The Kier molecular flexibility index (Phi) is 6.97. The summed E-state index contributed by atoms with van der Waals surface area (Å²) in [5.41, 5.74) is -0.192. The molecule has 1 unspecified atom stereocenters. The standard InChI is InChI=1S/C15H28N2OS/c1-6-10-16-12(5)13-11-17-14(19-13)15(7-2,8-3)18-9-4/h11-12,16H,6-10H2,1-5H3. The Bertz CT molecular complexity index is 361. The zero-order valence-corrected chi connectivity index (χ0v) is 13.8. The van der Waals surface area contributed by atoms with Crippen molar-refractivity contribution in [3.63, 3.8) is 0 Å². The van der Waals surface area contributed by atoms with Crippen molar-refractivity contribution in [1.29, 1.82) is 0 Å². The van der Waals surface area contributed by atoms with Gasteiger partial charge in [-0.15, -0.1) is 11.3 Å². The molecule has 0 spiro atoms. The fourth-order valence-corrected chi connectivity index (χ4v) is 3.48. The normalized spacial score (nSPS) is 13.7. The van der Waals surface area contributed by atoms with E-state index in [-0.39, 0.29) is 5.60 Å². The second-order valence-electron chi connectivity index (χ2n) is 4.88. The summed E-state index contributed by atoms with van der Waals surface area (Å²) in [6.07, 6.45) is 5.11. The third-order valence-electron chi connectivity index (χ3n) is 3.60. The molecule has 0 aliphatic rings. The van der Waals surface area contributed by atoms with E-state index in [1.165, 1.54) is 4.88 Å². The summed E-state index contributed by atoms with van der Waals surface area (Å²) in [6, 6.07) is 0.374. The van der Waals surface area contributed by atoms with E-state index in [0.29, 0.717) is 6.04 Å². The smallest absolute Gasteiger partial charge is 0.125 e. The molecule has 0 aliphatic carbocycles. The highest BCUT2D eigenvalue weighted by Gasteiger charge is 2.32. The molecule has 0 aromatic carbocycles. The molecule has 4 heteroatoms. The highest BCUT2D eigenvalue weighted by Crippen LogP contribution is 2.36. The highest BCUT2D eigenvalue weighted by molar-refractivity contribution is 7.11. The fraction of sp³-hybridized carbons (Fsp3) is 0.800. The molecule has 0 aliphatic heterocycles. The molecule has 1 aromatic rings. The SMILES string of the molecule is CCCNC(C)c1cnc(C(CC)(CC)OCC)s1. The molecule has 1 rings (SSSR count). The van der Waals surface area contributed by atoms with Gasteiger partial charge >= 0.3 is 0 Å². The molecular formula is C15H28N2OS. The lowest BCUT2D eigenvalue weighted by molar-refractivity contribution is -0.0506. The van der Waals surface area contributed by atoms with Crippen molar-refractivity contribution in [3.05, 3.63) is 16.1 Å². The molecule has 1 N–H and O–H groups in total. The van der Waals surface area contributed by atoms with Gasteiger partial charge in [-0.1, -0.05) is 20.8 Å². The minimum atomic E-state index is -0.192. The van der Waals surface area contributed by atoms with Gasteiger partial charge in [-0.3, -0.25) is 0 Å². The molecule has 1 aromatic heterocycles. The first-order valence-electron chi connectivity index (χ1n) is 7.47. The summed E-state index contributed by atoms with van der Waals surface area (Å²) in [4.78, 5) is 5.93. The Morgan fingerprint density at radius 1 is 1.32 bits per heavy atom. The maximum Gasteiger partial charge on any atom is 0.125 e. The lowest BCUT2D eigenvalue weighted by Gasteiger charge is -2.29. The summed E-state index contributed by atoms with van der Waals surface area (Å²) in [5, 5.41) is 4.64. The van der Waals surface area contributed by atoms with Crippen LogP contribution >= 0.6 is 11.3 Å². The van der Waals surface area contributed by atoms with E-state index in [2.05, 4.69) is 44.9 Å². The molecule has 3 nitrogen and oxygen atoms in total. The van der Waals surface area contributed by atoms with E-state index >= 15 is 0 Å². The third kappa shape index (κ3) is 4.01. The zero-order valence-electron chi connectivity index (χ0n) is 13.0. The van der Waals surface area contributed by atoms with Crippen LogP contribution in [0.1, 0.15) is 69.8 Å². The minimum Gasteiger partial charge on any atom is -0.368 e. The van der Waals surface area contributed by atoms with Gasteiger partial charge in [0.15, 0.2) is 0 Å². The molecule has 1 atom stereocenters. The monoisotopic (exact) mass is 284 g/mol. The molecule has 110 valence electrons. The number of thiazole rings is 1. The highest BCUT2D eigenvalue weighted by atomic mass is 32.1. The molecule has 1 heterocycles. The van der Waals surface area contributed by atoms with Crippen molar-refractivity contribution in [3.8, 4) is 0 Å². The summed E-state index contributed by atoms with van der Waals surface area (Å²) < 4.78 is 6.02. The molecule has 0 saturated carbocycles. The van der Waals surface area contributed by atoms with Crippen LogP contribution in [0.2, 0.25) is 0 Å². The predicted molar refractivity (Wildman–Crippen MR) is 82.7 cm³/mol. The number of nitrogens with zero attached hydrogens (tertiary/aromatic N) is 1. The van der Waals surface area contributed by atoms with Crippen LogP contribution in [0.5, 0.6) is 0 Å². The van der Waals surface area contributed by atoms with Gasteiger partial charge in [-0.05, 0) is 39.7 Å². The minimum absolute atomic E-state index is 0.192. The maximum absolute atomic E-state index is 6.02. The Labute approximate surface area is 121 Å². The number of ether oxygens (including phenoxy) is 1. The molecule has 0 amide bonds. The zero-order chi connectivity index (χ0) is 14.3. The van der Waals surface area contributed by atoms with E-state index in [9.17, 15) is 0 Å². The van der Waals surface area contributed by atoms with Crippen LogP contribution in [-0.4, -0.2) is 18.1 Å². The topological polar surface area (TPSA) is 34.2 Å². The molecular weight excluding hydrogens is 256 g/mol. The first-order chi connectivity index (χ1) is 9.13. The van der Waals surface area contributed by atoms with Crippen molar-refractivity contribution in [1.82, 2.24) is 10.3 Å². The number of aromatic nitrogens is 1. The van der Waals surface area contributed by atoms with Gasteiger partial charge in [0.25, 0.3) is 0 Å². The second kappa shape index (κ2) is 7.98. The van der Waals surface area contributed by atoms with Crippen molar-refractivity contribution in [2.24, 2.45) is 0 Å². The number of rotatable bonds is 9. The predicted octanol–water partition coefficient (Wildman–Crippen LogP) is 4.26. The maximum atomic E-state index is 6.02. The van der Waals surface area contributed by atoms with Crippen molar-refractivity contribution < 1.29 is 4.74 Å².